The molecule has 1 aromatic carbocycles. The molecule has 0 saturated heterocycles. The Kier molecular flexibility index (Phi) is 4.63. The van der Waals surface area contributed by atoms with E-state index < -0.39 is 10.0 Å². The summed E-state index contributed by atoms with van der Waals surface area (Å²) >= 11 is 0. The van der Waals surface area contributed by atoms with Crippen LogP contribution in [0.25, 0.3) is 0 Å². The highest BCUT2D eigenvalue weighted by atomic mass is 32.2. The normalized spacial score (nSPS) is 13.0. The van der Waals surface area contributed by atoms with Crippen LogP contribution in [0.2, 0.25) is 0 Å². The van der Waals surface area contributed by atoms with E-state index in [1.807, 2.05) is 6.07 Å². The van der Waals surface area contributed by atoms with Gasteiger partial charge in [-0.3, -0.25) is 0 Å². The van der Waals surface area contributed by atoms with Crippen LogP contribution in [0.3, 0.4) is 0 Å². The summed E-state index contributed by atoms with van der Waals surface area (Å²) in [5.74, 6) is -0.149. The van der Waals surface area contributed by atoms with E-state index in [1.165, 1.54) is 24.3 Å². The lowest BCUT2D eigenvalue weighted by molar-refractivity contribution is 0.238. The number of rotatable bonds is 5. The summed E-state index contributed by atoms with van der Waals surface area (Å²) in [4.78, 5) is 0.0571. The Bertz CT molecular complexity index is 520. The fraction of sp³-hybridized carbons (Fsp3) is 0.364. The summed E-state index contributed by atoms with van der Waals surface area (Å²) in [6.45, 7) is 1.81. The molecule has 0 heterocycles. The van der Waals surface area contributed by atoms with E-state index in [0.717, 1.165) is 0 Å². The van der Waals surface area contributed by atoms with Crippen molar-refractivity contribution in [3.63, 3.8) is 0 Å². The Morgan fingerprint density at radius 2 is 2.24 bits per heavy atom. The number of nitrogens with one attached hydrogen (secondary N) is 1. The molecule has 92 valence electrons. The van der Waals surface area contributed by atoms with Gasteiger partial charge in [0, 0.05) is 13.2 Å². The predicted octanol–water partition coefficient (Wildman–Crippen LogP) is 0.465. The van der Waals surface area contributed by atoms with E-state index in [4.69, 9.17) is 10.4 Å². The summed E-state index contributed by atoms with van der Waals surface area (Å²) in [7, 11) is -3.61. The average molecular weight is 254 g/mol. The van der Waals surface area contributed by atoms with Crippen molar-refractivity contribution >= 4 is 10.0 Å². The Morgan fingerprint density at radius 3 is 2.82 bits per heavy atom. The molecule has 2 N–H and O–H groups in total. The summed E-state index contributed by atoms with van der Waals surface area (Å²) in [5.41, 5.74) is 0.295. The maximum Gasteiger partial charge on any atom is 0.240 e. The molecule has 17 heavy (non-hydrogen) atoms. The minimum atomic E-state index is -3.61. The third-order valence-electron chi connectivity index (χ3n) is 2.21. The second-order valence-electron chi connectivity index (χ2n) is 3.78. The molecule has 1 atom stereocenters. The second-order valence-corrected chi connectivity index (χ2v) is 5.55. The van der Waals surface area contributed by atoms with Crippen molar-refractivity contribution < 1.29 is 13.5 Å². The van der Waals surface area contributed by atoms with Gasteiger partial charge in [-0.1, -0.05) is 13.0 Å². The van der Waals surface area contributed by atoms with Crippen molar-refractivity contribution in [1.29, 1.82) is 5.26 Å². The third-order valence-corrected chi connectivity index (χ3v) is 3.63. The molecule has 0 aromatic heterocycles. The van der Waals surface area contributed by atoms with E-state index in [9.17, 15) is 8.42 Å². The first-order valence-corrected chi connectivity index (χ1v) is 6.58. The topological polar surface area (TPSA) is 90.2 Å². The van der Waals surface area contributed by atoms with Gasteiger partial charge < -0.3 is 5.11 Å². The van der Waals surface area contributed by atoms with Gasteiger partial charge in [0.2, 0.25) is 10.0 Å². The number of nitriles is 1. The standard InChI is InChI=1S/C11H14N2O3S/c1-9(8-14)7-13-17(15,16)11-4-2-3-10(5-11)6-12/h2-5,9,13-14H,7-8H2,1H3. The van der Waals surface area contributed by atoms with Gasteiger partial charge in [-0.2, -0.15) is 5.26 Å². The minimum absolute atomic E-state index is 0.0571. The zero-order valence-corrected chi connectivity index (χ0v) is 10.2. The van der Waals surface area contributed by atoms with E-state index >= 15 is 0 Å². The molecule has 0 aliphatic rings. The highest BCUT2D eigenvalue weighted by Gasteiger charge is 2.15. The SMILES string of the molecule is CC(CO)CNS(=O)(=O)c1cccc(C#N)c1. The predicted molar refractivity (Wildman–Crippen MR) is 62.6 cm³/mol. The third kappa shape index (κ3) is 3.82. The Labute approximate surface area is 101 Å². The molecule has 1 aromatic rings. The number of hydrogen-bond acceptors (Lipinski definition) is 4. The van der Waals surface area contributed by atoms with Crippen molar-refractivity contribution in [3.05, 3.63) is 29.8 Å². The number of benzene rings is 1. The van der Waals surface area contributed by atoms with Crippen molar-refractivity contribution in [3.8, 4) is 6.07 Å². The van der Waals surface area contributed by atoms with Crippen LogP contribution in [0.15, 0.2) is 29.2 Å². The van der Waals surface area contributed by atoms with Crippen LogP contribution in [0, 0.1) is 17.2 Å². The van der Waals surface area contributed by atoms with Gasteiger partial charge in [0.25, 0.3) is 0 Å². The van der Waals surface area contributed by atoms with Crippen LogP contribution in [0.5, 0.6) is 0 Å². The van der Waals surface area contributed by atoms with E-state index in [-0.39, 0.29) is 24.0 Å². The summed E-state index contributed by atoms with van der Waals surface area (Å²) in [6, 6.07) is 7.67. The Hall–Kier alpha value is -1.42. The quantitative estimate of drug-likeness (QED) is 0.799. The Balaban J connectivity index is 2.86. The van der Waals surface area contributed by atoms with Gasteiger partial charge >= 0.3 is 0 Å². The van der Waals surface area contributed by atoms with Gasteiger partial charge in [-0.25, -0.2) is 13.1 Å². The highest BCUT2D eigenvalue weighted by molar-refractivity contribution is 7.89. The van der Waals surface area contributed by atoms with Crippen LogP contribution in [-0.2, 0) is 10.0 Å². The second kappa shape index (κ2) is 5.77. The van der Waals surface area contributed by atoms with Crippen molar-refractivity contribution in [1.82, 2.24) is 4.72 Å². The van der Waals surface area contributed by atoms with Crippen LogP contribution in [0.4, 0.5) is 0 Å². The number of aliphatic hydroxyl groups excluding tert-OH is 1. The minimum Gasteiger partial charge on any atom is -0.396 e. The van der Waals surface area contributed by atoms with Gasteiger partial charge in [0.1, 0.15) is 0 Å². The fourth-order valence-electron chi connectivity index (χ4n) is 1.13. The first kappa shape index (κ1) is 13.6. The van der Waals surface area contributed by atoms with Crippen molar-refractivity contribution in [2.45, 2.75) is 11.8 Å². The lowest BCUT2D eigenvalue weighted by atomic mass is 10.2. The molecule has 0 aliphatic carbocycles. The maximum atomic E-state index is 11.8. The van der Waals surface area contributed by atoms with Gasteiger partial charge in [-0.15, -0.1) is 0 Å². The molecule has 6 heteroatoms. The lowest BCUT2D eigenvalue weighted by Crippen LogP contribution is -2.29. The molecule has 0 amide bonds. The monoisotopic (exact) mass is 254 g/mol. The molecule has 0 saturated carbocycles. The number of aliphatic hydroxyl groups is 1. The highest BCUT2D eigenvalue weighted by Crippen LogP contribution is 2.10. The first-order valence-electron chi connectivity index (χ1n) is 5.10. The molecule has 0 spiro atoms. The first-order chi connectivity index (χ1) is 7.99. The number of nitrogens with zero attached hydrogens (tertiary/aromatic N) is 1. The van der Waals surface area contributed by atoms with E-state index in [1.54, 1.807) is 6.92 Å². The van der Waals surface area contributed by atoms with Crippen LogP contribution in [-0.4, -0.2) is 26.7 Å². The molecule has 0 bridgehead atoms. The molecular weight excluding hydrogens is 240 g/mol. The van der Waals surface area contributed by atoms with Gasteiger partial charge in [-0.05, 0) is 24.1 Å². The van der Waals surface area contributed by atoms with E-state index in [0.29, 0.717) is 5.56 Å². The maximum absolute atomic E-state index is 11.8. The smallest absolute Gasteiger partial charge is 0.240 e. The molecular formula is C11H14N2O3S. The largest absolute Gasteiger partial charge is 0.396 e. The van der Waals surface area contributed by atoms with Crippen LogP contribution in [0.1, 0.15) is 12.5 Å². The molecule has 0 fully saturated rings. The Morgan fingerprint density at radius 1 is 1.53 bits per heavy atom. The molecule has 1 rings (SSSR count). The summed E-state index contributed by atoms with van der Waals surface area (Å²) in [6.07, 6.45) is 0. The van der Waals surface area contributed by atoms with Crippen LogP contribution < -0.4 is 4.72 Å². The van der Waals surface area contributed by atoms with Gasteiger partial charge in [0.05, 0.1) is 16.5 Å². The fourth-order valence-corrected chi connectivity index (χ4v) is 2.34. The number of sulfonamides is 1. The molecule has 0 radical (unpaired) electrons. The van der Waals surface area contributed by atoms with Crippen molar-refractivity contribution in [2.24, 2.45) is 5.92 Å². The lowest BCUT2D eigenvalue weighted by Gasteiger charge is -2.10. The summed E-state index contributed by atoms with van der Waals surface area (Å²) in [5, 5.41) is 17.5. The molecule has 5 nitrogen and oxygen atoms in total. The summed E-state index contributed by atoms with van der Waals surface area (Å²) < 4.78 is 26.0. The van der Waals surface area contributed by atoms with Crippen molar-refractivity contribution in [2.75, 3.05) is 13.2 Å². The zero-order chi connectivity index (χ0) is 12.9. The molecule has 0 aliphatic heterocycles. The average Bonchev–Trinajstić information content (AvgIpc) is 2.36. The van der Waals surface area contributed by atoms with E-state index in [2.05, 4.69) is 4.72 Å². The van der Waals surface area contributed by atoms with Crippen LogP contribution >= 0.6 is 0 Å². The zero-order valence-electron chi connectivity index (χ0n) is 9.42. The van der Waals surface area contributed by atoms with Gasteiger partial charge in [0.15, 0.2) is 0 Å². The molecule has 1 unspecified atom stereocenters. The number of hydrogen-bond donors (Lipinski definition) is 2.